The summed E-state index contributed by atoms with van der Waals surface area (Å²) in [6.45, 7) is 2.70. The first-order valence-corrected chi connectivity index (χ1v) is 7.31. The van der Waals surface area contributed by atoms with Crippen LogP contribution in [0.1, 0.15) is 18.9 Å². The van der Waals surface area contributed by atoms with Crippen molar-refractivity contribution >= 4 is 5.69 Å². The Morgan fingerprint density at radius 1 is 1.04 bits per heavy atom. The third-order valence-electron chi connectivity index (χ3n) is 3.15. The molecular weight excluding hydrogens is 298 g/mol. The van der Waals surface area contributed by atoms with Crippen LogP contribution in [0.4, 0.5) is 5.69 Å². The topological polar surface area (TPSA) is 70.8 Å². The predicted molar refractivity (Wildman–Crippen MR) is 86.2 cm³/mol. The van der Waals surface area contributed by atoms with Crippen molar-refractivity contribution in [2.45, 2.75) is 20.0 Å². The van der Waals surface area contributed by atoms with E-state index in [9.17, 15) is 10.1 Å². The quantitative estimate of drug-likeness (QED) is 0.544. The lowest BCUT2D eigenvalue weighted by Crippen LogP contribution is -2.01. The number of ether oxygens (including phenoxy) is 3. The van der Waals surface area contributed by atoms with Gasteiger partial charge in [0.25, 0.3) is 0 Å². The first-order valence-electron chi connectivity index (χ1n) is 7.31. The summed E-state index contributed by atoms with van der Waals surface area (Å²) in [5, 5.41) is 11.1. The first kappa shape index (κ1) is 16.6. The summed E-state index contributed by atoms with van der Waals surface area (Å²) in [6.07, 6.45) is 0.785. The molecule has 0 aliphatic carbocycles. The number of nitrogens with zero attached hydrogens (tertiary/aromatic N) is 1. The second-order valence-electron chi connectivity index (χ2n) is 4.87. The lowest BCUT2D eigenvalue weighted by Gasteiger charge is -2.09. The maximum Gasteiger partial charge on any atom is 0.314 e. The van der Waals surface area contributed by atoms with Gasteiger partial charge in [0.2, 0.25) is 0 Å². The Labute approximate surface area is 134 Å². The molecule has 122 valence electrons. The zero-order valence-corrected chi connectivity index (χ0v) is 13.2. The summed E-state index contributed by atoms with van der Waals surface area (Å²) in [5.41, 5.74) is 0.852. The van der Waals surface area contributed by atoms with Crippen molar-refractivity contribution in [1.82, 2.24) is 0 Å². The molecule has 0 unspecified atom stereocenters. The summed E-state index contributed by atoms with van der Waals surface area (Å²) >= 11 is 0. The third-order valence-corrected chi connectivity index (χ3v) is 3.15. The molecule has 0 bridgehead atoms. The molecule has 2 aromatic carbocycles. The lowest BCUT2D eigenvalue weighted by molar-refractivity contribution is -0.386. The zero-order chi connectivity index (χ0) is 16.7. The van der Waals surface area contributed by atoms with Crippen molar-refractivity contribution in [3.8, 4) is 17.2 Å². The van der Waals surface area contributed by atoms with Crippen LogP contribution in [0.3, 0.4) is 0 Å². The van der Waals surface area contributed by atoms with E-state index < -0.39 is 4.92 Å². The Bertz CT molecular complexity index is 655. The average molecular weight is 317 g/mol. The van der Waals surface area contributed by atoms with Crippen molar-refractivity contribution in [2.24, 2.45) is 0 Å². The third kappa shape index (κ3) is 4.60. The average Bonchev–Trinajstić information content (AvgIpc) is 2.58. The fourth-order valence-corrected chi connectivity index (χ4v) is 1.95. The monoisotopic (exact) mass is 317 g/mol. The maximum absolute atomic E-state index is 11.1. The Morgan fingerprint density at radius 3 is 2.35 bits per heavy atom. The van der Waals surface area contributed by atoms with Gasteiger partial charge in [0, 0.05) is 0 Å². The fourth-order valence-electron chi connectivity index (χ4n) is 1.95. The number of benzene rings is 2. The highest BCUT2D eigenvalue weighted by atomic mass is 16.6. The standard InChI is InChI=1S/C17H19NO5/c1-3-10-22-17-9-8-15(11-16(17)18(19)20)23-12-13-4-6-14(21-2)7-5-13/h4-9,11H,3,10,12H2,1-2H3. The van der Waals surface area contributed by atoms with Gasteiger partial charge in [-0.1, -0.05) is 19.1 Å². The molecule has 2 rings (SSSR count). The zero-order valence-electron chi connectivity index (χ0n) is 13.2. The molecular formula is C17H19NO5. The maximum atomic E-state index is 11.1. The molecule has 0 heterocycles. The minimum Gasteiger partial charge on any atom is -0.497 e. The normalized spacial score (nSPS) is 10.2. The fraction of sp³-hybridized carbons (Fsp3) is 0.294. The molecule has 0 saturated carbocycles. The van der Waals surface area contributed by atoms with Gasteiger partial charge in [-0.15, -0.1) is 0 Å². The van der Waals surface area contributed by atoms with Gasteiger partial charge in [-0.25, -0.2) is 0 Å². The van der Waals surface area contributed by atoms with Crippen LogP contribution in [0.15, 0.2) is 42.5 Å². The molecule has 0 aromatic heterocycles. The predicted octanol–water partition coefficient (Wildman–Crippen LogP) is 3.97. The first-order chi connectivity index (χ1) is 11.1. The second-order valence-corrected chi connectivity index (χ2v) is 4.87. The van der Waals surface area contributed by atoms with E-state index in [1.807, 2.05) is 31.2 Å². The minimum absolute atomic E-state index is 0.0920. The molecule has 2 aromatic rings. The molecule has 0 saturated heterocycles. The highest BCUT2D eigenvalue weighted by Crippen LogP contribution is 2.31. The van der Waals surface area contributed by atoms with E-state index in [1.54, 1.807) is 19.2 Å². The van der Waals surface area contributed by atoms with Crippen molar-refractivity contribution < 1.29 is 19.1 Å². The molecule has 0 aliphatic heterocycles. The molecule has 0 aliphatic rings. The smallest absolute Gasteiger partial charge is 0.314 e. The SMILES string of the molecule is CCCOc1ccc(OCc2ccc(OC)cc2)cc1[N+](=O)[O-]. The molecule has 0 N–H and O–H groups in total. The highest BCUT2D eigenvalue weighted by Gasteiger charge is 2.16. The Morgan fingerprint density at radius 2 is 1.74 bits per heavy atom. The molecule has 0 radical (unpaired) electrons. The van der Waals surface area contributed by atoms with Gasteiger partial charge < -0.3 is 14.2 Å². The van der Waals surface area contributed by atoms with Crippen molar-refractivity contribution in [1.29, 1.82) is 0 Å². The Hall–Kier alpha value is -2.76. The van der Waals surface area contributed by atoms with Gasteiger partial charge in [0.05, 0.1) is 24.7 Å². The summed E-state index contributed by atoms with van der Waals surface area (Å²) < 4.78 is 16.1. The van der Waals surface area contributed by atoms with Crippen LogP contribution in [-0.2, 0) is 6.61 Å². The van der Waals surface area contributed by atoms with Crippen molar-refractivity contribution in [3.63, 3.8) is 0 Å². The van der Waals surface area contributed by atoms with E-state index in [4.69, 9.17) is 14.2 Å². The molecule has 6 nitrogen and oxygen atoms in total. The van der Waals surface area contributed by atoms with Crippen molar-refractivity contribution in [2.75, 3.05) is 13.7 Å². The summed E-state index contributed by atoms with van der Waals surface area (Å²) in [6, 6.07) is 12.1. The van der Waals surface area contributed by atoms with Crippen LogP contribution < -0.4 is 14.2 Å². The van der Waals surface area contributed by atoms with Crippen molar-refractivity contribution in [3.05, 3.63) is 58.1 Å². The second kappa shape index (κ2) is 8.03. The number of methoxy groups -OCH3 is 1. The Balaban J connectivity index is 2.07. The van der Waals surface area contributed by atoms with Crippen LogP contribution >= 0.6 is 0 Å². The van der Waals surface area contributed by atoms with Gasteiger partial charge in [0.1, 0.15) is 18.1 Å². The minimum atomic E-state index is -0.467. The van der Waals surface area contributed by atoms with Crippen LogP contribution in [0.25, 0.3) is 0 Å². The number of hydrogen-bond donors (Lipinski definition) is 0. The van der Waals surface area contributed by atoms with Gasteiger partial charge in [-0.05, 0) is 36.2 Å². The van der Waals surface area contributed by atoms with E-state index in [2.05, 4.69) is 0 Å². The molecule has 0 amide bonds. The van der Waals surface area contributed by atoms with Crippen LogP contribution in [0, 0.1) is 10.1 Å². The molecule has 6 heteroatoms. The summed E-state index contributed by atoms with van der Waals surface area (Å²) in [4.78, 5) is 10.7. The van der Waals surface area contributed by atoms with E-state index in [0.29, 0.717) is 19.0 Å². The largest absolute Gasteiger partial charge is 0.497 e. The highest BCUT2D eigenvalue weighted by molar-refractivity contribution is 5.51. The number of nitro benzene ring substituents is 1. The van der Waals surface area contributed by atoms with Crippen LogP contribution in [0.2, 0.25) is 0 Å². The number of hydrogen-bond acceptors (Lipinski definition) is 5. The van der Waals surface area contributed by atoms with Crippen LogP contribution in [-0.4, -0.2) is 18.6 Å². The van der Waals surface area contributed by atoms with Crippen LogP contribution in [0.5, 0.6) is 17.2 Å². The molecule has 23 heavy (non-hydrogen) atoms. The summed E-state index contributed by atoms with van der Waals surface area (Å²) in [7, 11) is 1.60. The van der Waals surface area contributed by atoms with Gasteiger partial charge in [-0.3, -0.25) is 10.1 Å². The van der Waals surface area contributed by atoms with E-state index in [1.165, 1.54) is 6.07 Å². The van der Waals surface area contributed by atoms with Gasteiger partial charge >= 0.3 is 5.69 Å². The number of rotatable bonds is 8. The molecule has 0 spiro atoms. The summed E-state index contributed by atoms with van der Waals surface area (Å²) in [5.74, 6) is 1.45. The lowest BCUT2D eigenvalue weighted by atomic mass is 10.2. The van der Waals surface area contributed by atoms with E-state index >= 15 is 0 Å². The van der Waals surface area contributed by atoms with Gasteiger partial charge in [-0.2, -0.15) is 0 Å². The Kier molecular flexibility index (Phi) is 5.80. The van der Waals surface area contributed by atoms with E-state index in [0.717, 1.165) is 17.7 Å². The number of nitro groups is 1. The molecule has 0 fully saturated rings. The molecule has 0 atom stereocenters. The van der Waals surface area contributed by atoms with E-state index in [-0.39, 0.29) is 11.4 Å². The van der Waals surface area contributed by atoms with Gasteiger partial charge in [0.15, 0.2) is 5.75 Å².